The van der Waals surface area contributed by atoms with Crippen molar-refractivity contribution in [3.63, 3.8) is 0 Å². The number of aliphatic carboxylic acids is 1. The van der Waals surface area contributed by atoms with Crippen LogP contribution < -0.4 is 0 Å². The maximum absolute atomic E-state index is 10.7. The minimum atomic E-state index is -1.05. The molecule has 0 saturated heterocycles. The van der Waals surface area contributed by atoms with Crippen LogP contribution in [0.4, 0.5) is 5.69 Å². The molecule has 0 saturated carbocycles. The second kappa shape index (κ2) is 5.22. The first-order valence-corrected chi connectivity index (χ1v) is 4.53. The van der Waals surface area contributed by atoms with Gasteiger partial charge in [-0.15, -0.1) is 0 Å². The smallest absolute Gasteiger partial charge is 0.333 e. The molecule has 0 fully saturated rings. The molecule has 1 unspecified atom stereocenters. The van der Waals surface area contributed by atoms with E-state index in [9.17, 15) is 14.9 Å². The van der Waals surface area contributed by atoms with Crippen LogP contribution in [-0.2, 0) is 16.0 Å². The van der Waals surface area contributed by atoms with E-state index in [0.717, 1.165) is 0 Å². The molecule has 0 aliphatic heterocycles. The summed E-state index contributed by atoms with van der Waals surface area (Å²) in [6.07, 6.45) is -0.745. The zero-order valence-corrected chi connectivity index (χ0v) is 8.62. The molecule has 0 radical (unpaired) electrons. The van der Waals surface area contributed by atoms with Crippen molar-refractivity contribution in [1.29, 1.82) is 0 Å². The SMILES string of the molecule is COC(Cc1ccc([N+](=O)[O-])cc1)C(=O)O. The summed E-state index contributed by atoms with van der Waals surface area (Å²) in [7, 11) is 1.31. The standard InChI is InChI=1S/C10H11NO5/c1-16-9(10(12)13)6-7-2-4-8(5-3-7)11(14)15/h2-5,9H,6H2,1H3,(H,12,13). The van der Waals surface area contributed by atoms with Crippen molar-refractivity contribution in [2.75, 3.05) is 7.11 Å². The molecular weight excluding hydrogens is 214 g/mol. The Labute approximate surface area is 91.6 Å². The molecule has 0 heterocycles. The largest absolute Gasteiger partial charge is 0.479 e. The van der Waals surface area contributed by atoms with Gasteiger partial charge in [0.25, 0.3) is 5.69 Å². The number of nitro groups is 1. The summed E-state index contributed by atoms with van der Waals surface area (Å²) in [5.41, 5.74) is 0.660. The van der Waals surface area contributed by atoms with Crippen molar-refractivity contribution in [2.45, 2.75) is 12.5 Å². The highest BCUT2D eigenvalue weighted by molar-refractivity contribution is 5.72. The van der Waals surface area contributed by atoms with Gasteiger partial charge in [-0.1, -0.05) is 12.1 Å². The number of carboxylic acids is 1. The van der Waals surface area contributed by atoms with Crippen LogP contribution in [0.25, 0.3) is 0 Å². The number of nitro benzene ring substituents is 1. The first-order chi connectivity index (χ1) is 7.54. The number of carboxylic acid groups (broad SMARTS) is 1. The van der Waals surface area contributed by atoms with Crippen molar-refractivity contribution in [2.24, 2.45) is 0 Å². The summed E-state index contributed by atoms with van der Waals surface area (Å²) in [6, 6.07) is 5.72. The third-order valence-corrected chi connectivity index (χ3v) is 2.13. The lowest BCUT2D eigenvalue weighted by Gasteiger charge is -2.09. The Bertz CT molecular complexity index is 387. The summed E-state index contributed by atoms with van der Waals surface area (Å²) in [5, 5.41) is 19.1. The minimum absolute atomic E-state index is 0.0203. The predicted molar refractivity (Wildman–Crippen MR) is 55.2 cm³/mol. The van der Waals surface area contributed by atoms with Crippen LogP contribution >= 0.6 is 0 Å². The molecule has 1 atom stereocenters. The van der Waals surface area contributed by atoms with Gasteiger partial charge in [0.15, 0.2) is 6.10 Å². The Morgan fingerprint density at radius 3 is 2.44 bits per heavy atom. The molecule has 86 valence electrons. The van der Waals surface area contributed by atoms with E-state index >= 15 is 0 Å². The number of rotatable bonds is 5. The fraction of sp³-hybridized carbons (Fsp3) is 0.300. The topological polar surface area (TPSA) is 89.7 Å². The quantitative estimate of drug-likeness (QED) is 0.601. The first kappa shape index (κ1) is 12.1. The lowest BCUT2D eigenvalue weighted by atomic mass is 10.1. The second-order valence-electron chi connectivity index (χ2n) is 3.19. The Morgan fingerprint density at radius 1 is 1.50 bits per heavy atom. The molecule has 1 N–H and O–H groups in total. The molecule has 1 aromatic carbocycles. The zero-order chi connectivity index (χ0) is 12.1. The van der Waals surface area contributed by atoms with Crippen LogP contribution in [0.5, 0.6) is 0 Å². The summed E-state index contributed by atoms with van der Waals surface area (Å²) >= 11 is 0. The number of hydrogen-bond donors (Lipinski definition) is 1. The Morgan fingerprint density at radius 2 is 2.06 bits per heavy atom. The molecule has 0 bridgehead atoms. The van der Waals surface area contributed by atoms with Gasteiger partial charge < -0.3 is 9.84 Å². The van der Waals surface area contributed by atoms with Crippen molar-refractivity contribution < 1.29 is 19.6 Å². The molecule has 1 aromatic rings. The molecule has 0 aliphatic carbocycles. The lowest BCUT2D eigenvalue weighted by Crippen LogP contribution is -2.24. The van der Waals surface area contributed by atoms with Gasteiger partial charge in [-0.3, -0.25) is 10.1 Å². The van der Waals surface area contributed by atoms with Crippen LogP contribution in [0.1, 0.15) is 5.56 Å². The van der Waals surface area contributed by atoms with E-state index in [2.05, 4.69) is 0 Å². The van der Waals surface area contributed by atoms with Gasteiger partial charge in [0.2, 0.25) is 0 Å². The highest BCUT2D eigenvalue weighted by Gasteiger charge is 2.17. The number of nitrogens with zero attached hydrogens (tertiary/aromatic N) is 1. The molecule has 0 aliphatic rings. The number of benzene rings is 1. The van der Waals surface area contributed by atoms with E-state index < -0.39 is 17.0 Å². The molecular formula is C10H11NO5. The molecule has 6 heteroatoms. The van der Waals surface area contributed by atoms with Gasteiger partial charge in [-0.05, 0) is 5.56 Å². The van der Waals surface area contributed by atoms with Crippen molar-refractivity contribution in [1.82, 2.24) is 0 Å². The number of ether oxygens (including phenoxy) is 1. The highest BCUT2D eigenvalue weighted by atomic mass is 16.6. The van der Waals surface area contributed by atoms with Gasteiger partial charge in [-0.25, -0.2) is 4.79 Å². The van der Waals surface area contributed by atoms with E-state index in [1.54, 1.807) is 0 Å². The van der Waals surface area contributed by atoms with Crippen LogP contribution in [0.2, 0.25) is 0 Å². The lowest BCUT2D eigenvalue weighted by molar-refractivity contribution is -0.384. The maximum atomic E-state index is 10.7. The summed E-state index contributed by atoms with van der Waals surface area (Å²) in [5.74, 6) is -1.05. The molecule has 6 nitrogen and oxygen atoms in total. The van der Waals surface area contributed by atoms with Gasteiger partial charge in [0.1, 0.15) is 0 Å². The monoisotopic (exact) mass is 225 g/mol. The molecule has 1 rings (SSSR count). The molecule has 16 heavy (non-hydrogen) atoms. The predicted octanol–water partition coefficient (Wildman–Crippen LogP) is 1.24. The fourth-order valence-electron chi connectivity index (χ4n) is 1.24. The van der Waals surface area contributed by atoms with Crippen LogP contribution in [0, 0.1) is 10.1 Å². The second-order valence-corrected chi connectivity index (χ2v) is 3.19. The van der Waals surface area contributed by atoms with Crippen LogP contribution in [0.3, 0.4) is 0 Å². The van der Waals surface area contributed by atoms with Gasteiger partial charge in [0.05, 0.1) is 4.92 Å². The highest BCUT2D eigenvalue weighted by Crippen LogP contribution is 2.13. The third kappa shape index (κ3) is 3.03. The summed E-state index contributed by atoms with van der Waals surface area (Å²) in [4.78, 5) is 20.6. The Hall–Kier alpha value is -1.95. The van der Waals surface area contributed by atoms with E-state index in [-0.39, 0.29) is 12.1 Å². The van der Waals surface area contributed by atoms with Gasteiger partial charge in [-0.2, -0.15) is 0 Å². The molecule has 0 amide bonds. The minimum Gasteiger partial charge on any atom is -0.479 e. The summed E-state index contributed by atoms with van der Waals surface area (Å²) < 4.78 is 4.76. The number of hydrogen-bond acceptors (Lipinski definition) is 4. The van der Waals surface area contributed by atoms with E-state index in [1.807, 2.05) is 0 Å². The fourth-order valence-corrected chi connectivity index (χ4v) is 1.24. The van der Waals surface area contributed by atoms with Gasteiger partial charge >= 0.3 is 5.97 Å². The third-order valence-electron chi connectivity index (χ3n) is 2.13. The number of methoxy groups -OCH3 is 1. The molecule has 0 aromatic heterocycles. The average Bonchev–Trinajstić information content (AvgIpc) is 2.26. The van der Waals surface area contributed by atoms with Crippen molar-refractivity contribution >= 4 is 11.7 Å². The van der Waals surface area contributed by atoms with Crippen molar-refractivity contribution in [3.05, 3.63) is 39.9 Å². The zero-order valence-electron chi connectivity index (χ0n) is 8.62. The Balaban J connectivity index is 2.75. The van der Waals surface area contributed by atoms with Crippen molar-refractivity contribution in [3.8, 4) is 0 Å². The van der Waals surface area contributed by atoms with Gasteiger partial charge in [0, 0.05) is 25.7 Å². The maximum Gasteiger partial charge on any atom is 0.333 e. The number of non-ortho nitro benzene ring substituents is 1. The normalized spacial score (nSPS) is 12.1. The van der Waals surface area contributed by atoms with E-state index in [4.69, 9.17) is 9.84 Å². The average molecular weight is 225 g/mol. The van der Waals surface area contributed by atoms with E-state index in [1.165, 1.54) is 31.4 Å². The molecule has 0 spiro atoms. The Kier molecular flexibility index (Phi) is 3.96. The summed E-state index contributed by atoms with van der Waals surface area (Å²) in [6.45, 7) is 0. The van der Waals surface area contributed by atoms with Crippen LogP contribution in [-0.4, -0.2) is 29.2 Å². The van der Waals surface area contributed by atoms with E-state index in [0.29, 0.717) is 5.56 Å². The first-order valence-electron chi connectivity index (χ1n) is 4.53. The number of carbonyl (C=O) groups is 1. The van der Waals surface area contributed by atoms with Crippen LogP contribution in [0.15, 0.2) is 24.3 Å².